The van der Waals surface area contributed by atoms with Crippen molar-refractivity contribution in [3.63, 3.8) is 0 Å². The molecule has 4 nitrogen and oxygen atoms in total. The van der Waals surface area contributed by atoms with Gasteiger partial charge in [0.1, 0.15) is 18.0 Å². The summed E-state index contributed by atoms with van der Waals surface area (Å²) in [4.78, 5) is 11.4. The molecule has 0 saturated carbocycles. The first-order chi connectivity index (χ1) is 8.90. The second-order valence-electron chi connectivity index (χ2n) is 4.95. The highest BCUT2D eigenvalue weighted by molar-refractivity contribution is 5.67. The molecule has 1 N–H and O–H groups in total. The lowest BCUT2D eigenvalue weighted by atomic mass is 10.2. The summed E-state index contributed by atoms with van der Waals surface area (Å²) in [6, 6.07) is 7.24. The lowest BCUT2D eigenvalue weighted by molar-refractivity contribution is 0.0520. The van der Waals surface area contributed by atoms with E-state index in [1.54, 1.807) is 6.07 Å². The third-order valence-electron chi connectivity index (χ3n) is 2.04. The Labute approximate surface area is 114 Å². The number of benzene rings is 1. The van der Waals surface area contributed by atoms with Gasteiger partial charge in [-0.2, -0.15) is 0 Å². The highest BCUT2D eigenvalue weighted by atomic mass is 16.6. The fourth-order valence-electron chi connectivity index (χ4n) is 1.31. The molecule has 0 radical (unpaired) electrons. The minimum absolute atomic E-state index is 0.354. The molecule has 1 rings (SSSR count). The largest absolute Gasteiger partial charge is 0.492 e. The van der Waals surface area contributed by atoms with Gasteiger partial charge in [0.25, 0.3) is 0 Å². The van der Waals surface area contributed by atoms with Crippen molar-refractivity contribution in [2.75, 3.05) is 13.2 Å². The smallest absolute Gasteiger partial charge is 0.407 e. The van der Waals surface area contributed by atoms with Crippen molar-refractivity contribution in [3.05, 3.63) is 29.8 Å². The van der Waals surface area contributed by atoms with Gasteiger partial charge < -0.3 is 14.8 Å². The molecule has 0 atom stereocenters. The van der Waals surface area contributed by atoms with Crippen molar-refractivity contribution in [2.45, 2.75) is 26.4 Å². The first kappa shape index (κ1) is 14.9. The van der Waals surface area contributed by atoms with E-state index in [2.05, 4.69) is 11.2 Å². The summed E-state index contributed by atoms with van der Waals surface area (Å²) < 4.78 is 10.6. The van der Waals surface area contributed by atoms with Crippen molar-refractivity contribution in [2.24, 2.45) is 0 Å². The van der Waals surface area contributed by atoms with E-state index in [1.807, 2.05) is 39.0 Å². The van der Waals surface area contributed by atoms with Crippen LogP contribution in [-0.2, 0) is 4.74 Å². The van der Waals surface area contributed by atoms with Crippen LogP contribution in [0.15, 0.2) is 24.3 Å². The number of hydrogen-bond acceptors (Lipinski definition) is 3. The van der Waals surface area contributed by atoms with E-state index in [0.29, 0.717) is 18.9 Å². The van der Waals surface area contributed by atoms with Crippen LogP contribution in [-0.4, -0.2) is 24.8 Å². The number of nitrogens with one attached hydrogen (secondary N) is 1. The maximum absolute atomic E-state index is 11.4. The molecule has 19 heavy (non-hydrogen) atoms. The Kier molecular flexibility index (Phi) is 5.25. The van der Waals surface area contributed by atoms with Crippen molar-refractivity contribution in [1.82, 2.24) is 5.32 Å². The highest BCUT2D eigenvalue weighted by Crippen LogP contribution is 2.12. The van der Waals surface area contributed by atoms with Crippen LogP contribution in [0.1, 0.15) is 26.3 Å². The number of terminal acetylenes is 1. The zero-order valence-electron chi connectivity index (χ0n) is 11.5. The van der Waals surface area contributed by atoms with E-state index in [0.717, 1.165) is 5.56 Å². The number of hydrogen-bond donors (Lipinski definition) is 1. The second-order valence-corrected chi connectivity index (χ2v) is 4.95. The summed E-state index contributed by atoms with van der Waals surface area (Å²) in [6.07, 6.45) is 4.84. The van der Waals surface area contributed by atoms with Crippen molar-refractivity contribution in [3.8, 4) is 18.1 Å². The lowest BCUT2D eigenvalue weighted by Gasteiger charge is -2.19. The first-order valence-electron chi connectivity index (χ1n) is 6.07. The zero-order valence-corrected chi connectivity index (χ0v) is 11.5. The molecule has 0 aliphatic heterocycles. The maximum Gasteiger partial charge on any atom is 0.407 e. The summed E-state index contributed by atoms with van der Waals surface area (Å²) in [5.41, 5.74) is 0.268. The topological polar surface area (TPSA) is 47.6 Å². The number of alkyl carbamates (subject to hydrolysis) is 1. The third kappa shape index (κ3) is 6.37. The van der Waals surface area contributed by atoms with E-state index in [1.165, 1.54) is 0 Å². The minimum atomic E-state index is -0.494. The molecule has 1 amide bonds. The Morgan fingerprint density at radius 1 is 1.42 bits per heavy atom. The standard InChI is InChI=1S/C15H19NO3/c1-5-12-7-6-8-13(11-12)18-10-9-16-14(17)19-15(2,3)4/h1,6-8,11H,9-10H2,2-4H3,(H,16,17). The van der Waals surface area contributed by atoms with Gasteiger partial charge in [-0.05, 0) is 39.0 Å². The average molecular weight is 261 g/mol. The lowest BCUT2D eigenvalue weighted by Crippen LogP contribution is -2.34. The van der Waals surface area contributed by atoms with Gasteiger partial charge in [-0.1, -0.05) is 12.0 Å². The van der Waals surface area contributed by atoms with Crippen molar-refractivity contribution in [1.29, 1.82) is 0 Å². The molecule has 0 aliphatic rings. The number of amides is 1. The molecular formula is C15H19NO3. The van der Waals surface area contributed by atoms with E-state index < -0.39 is 11.7 Å². The van der Waals surface area contributed by atoms with Crippen LogP contribution < -0.4 is 10.1 Å². The Bertz CT molecular complexity index is 469. The molecule has 0 bridgehead atoms. The molecule has 1 aromatic carbocycles. The fourth-order valence-corrected chi connectivity index (χ4v) is 1.31. The van der Waals surface area contributed by atoms with E-state index >= 15 is 0 Å². The molecule has 0 aliphatic carbocycles. The second kappa shape index (κ2) is 6.69. The molecule has 0 fully saturated rings. The molecule has 0 spiro atoms. The monoisotopic (exact) mass is 261 g/mol. The predicted molar refractivity (Wildman–Crippen MR) is 74.1 cm³/mol. The third-order valence-corrected chi connectivity index (χ3v) is 2.04. The van der Waals surface area contributed by atoms with Crippen LogP contribution >= 0.6 is 0 Å². The highest BCUT2D eigenvalue weighted by Gasteiger charge is 2.15. The van der Waals surface area contributed by atoms with Gasteiger partial charge in [0.05, 0.1) is 6.54 Å². The van der Waals surface area contributed by atoms with Crippen LogP contribution in [0, 0.1) is 12.3 Å². The number of carbonyl (C=O) groups excluding carboxylic acids is 1. The number of rotatable bonds is 4. The SMILES string of the molecule is C#Cc1cccc(OCCNC(=O)OC(C)(C)C)c1. The Hall–Kier alpha value is -2.15. The summed E-state index contributed by atoms with van der Waals surface area (Å²) in [6.45, 7) is 6.17. The number of ether oxygens (including phenoxy) is 2. The molecule has 0 saturated heterocycles. The molecule has 0 unspecified atom stereocenters. The normalized spacial score (nSPS) is 10.4. The van der Waals surface area contributed by atoms with Gasteiger partial charge in [0, 0.05) is 5.56 Å². The first-order valence-corrected chi connectivity index (χ1v) is 6.07. The summed E-state index contributed by atoms with van der Waals surface area (Å²) in [5.74, 6) is 3.21. The van der Waals surface area contributed by atoms with Crippen LogP contribution in [0.4, 0.5) is 4.79 Å². The fraction of sp³-hybridized carbons (Fsp3) is 0.400. The van der Waals surface area contributed by atoms with E-state index in [-0.39, 0.29) is 0 Å². The van der Waals surface area contributed by atoms with Gasteiger partial charge in [-0.25, -0.2) is 4.79 Å². The molecule has 0 heterocycles. The van der Waals surface area contributed by atoms with Crippen LogP contribution in [0.25, 0.3) is 0 Å². The number of carbonyl (C=O) groups is 1. The maximum atomic E-state index is 11.4. The molecular weight excluding hydrogens is 242 g/mol. The van der Waals surface area contributed by atoms with Gasteiger partial charge in [0.15, 0.2) is 0 Å². The molecule has 4 heteroatoms. The van der Waals surface area contributed by atoms with Crippen LogP contribution in [0.5, 0.6) is 5.75 Å². The Morgan fingerprint density at radius 2 is 2.16 bits per heavy atom. The van der Waals surface area contributed by atoms with Crippen molar-refractivity contribution >= 4 is 6.09 Å². The van der Waals surface area contributed by atoms with E-state index in [4.69, 9.17) is 15.9 Å². The van der Waals surface area contributed by atoms with Gasteiger partial charge in [-0.15, -0.1) is 6.42 Å². The Balaban J connectivity index is 2.28. The van der Waals surface area contributed by atoms with Gasteiger partial charge >= 0.3 is 6.09 Å². The molecule has 1 aromatic rings. The summed E-state index contributed by atoms with van der Waals surface area (Å²) in [5, 5.41) is 2.61. The quantitative estimate of drug-likeness (QED) is 0.669. The molecule has 102 valence electrons. The van der Waals surface area contributed by atoms with Crippen LogP contribution in [0.2, 0.25) is 0 Å². The van der Waals surface area contributed by atoms with E-state index in [9.17, 15) is 4.79 Å². The summed E-state index contributed by atoms with van der Waals surface area (Å²) >= 11 is 0. The van der Waals surface area contributed by atoms with Crippen LogP contribution in [0.3, 0.4) is 0 Å². The van der Waals surface area contributed by atoms with Gasteiger partial charge in [0.2, 0.25) is 0 Å². The average Bonchev–Trinajstić information content (AvgIpc) is 2.33. The Morgan fingerprint density at radius 3 is 2.79 bits per heavy atom. The minimum Gasteiger partial charge on any atom is -0.492 e. The zero-order chi connectivity index (χ0) is 14.3. The predicted octanol–water partition coefficient (Wildman–Crippen LogP) is 2.57. The van der Waals surface area contributed by atoms with Gasteiger partial charge in [-0.3, -0.25) is 0 Å². The molecule has 0 aromatic heterocycles. The summed E-state index contributed by atoms with van der Waals surface area (Å²) in [7, 11) is 0. The van der Waals surface area contributed by atoms with Crippen molar-refractivity contribution < 1.29 is 14.3 Å².